The van der Waals surface area contributed by atoms with Gasteiger partial charge in [0.15, 0.2) is 0 Å². The second-order valence-electron chi connectivity index (χ2n) is 6.02. The van der Waals surface area contributed by atoms with E-state index >= 15 is 0 Å². The molecule has 1 fully saturated rings. The van der Waals surface area contributed by atoms with Crippen LogP contribution in [-0.2, 0) is 6.42 Å². The lowest BCUT2D eigenvalue weighted by Crippen LogP contribution is -2.25. The Kier molecular flexibility index (Phi) is 4.51. The Morgan fingerprint density at radius 1 is 1.25 bits per heavy atom. The summed E-state index contributed by atoms with van der Waals surface area (Å²) in [5, 5.41) is 3.66. The van der Waals surface area contributed by atoms with E-state index in [1.54, 1.807) is 0 Å². The van der Waals surface area contributed by atoms with Crippen LogP contribution in [-0.4, -0.2) is 29.6 Å². The average Bonchev–Trinajstić information content (AvgIpc) is 2.94. The van der Waals surface area contributed by atoms with Gasteiger partial charge in [0.1, 0.15) is 0 Å². The molecule has 20 heavy (non-hydrogen) atoms. The van der Waals surface area contributed by atoms with Crippen molar-refractivity contribution in [2.75, 3.05) is 24.5 Å². The van der Waals surface area contributed by atoms with Crippen molar-refractivity contribution in [1.29, 1.82) is 0 Å². The van der Waals surface area contributed by atoms with E-state index < -0.39 is 0 Å². The molecule has 1 unspecified atom stereocenters. The van der Waals surface area contributed by atoms with E-state index in [-0.39, 0.29) is 0 Å². The van der Waals surface area contributed by atoms with Crippen molar-refractivity contribution in [3.8, 4) is 0 Å². The molecule has 0 amide bonds. The number of nitrogens with one attached hydrogen (secondary N) is 1. The predicted octanol–water partition coefficient (Wildman–Crippen LogP) is 2.84. The van der Waals surface area contributed by atoms with Crippen LogP contribution < -0.4 is 10.2 Å². The lowest BCUT2D eigenvalue weighted by Gasteiger charge is -2.21. The van der Waals surface area contributed by atoms with Gasteiger partial charge < -0.3 is 10.2 Å². The molecule has 1 aliphatic heterocycles. The van der Waals surface area contributed by atoms with E-state index in [0.29, 0.717) is 6.04 Å². The Bertz CT molecular complexity index is 440. The van der Waals surface area contributed by atoms with Gasteiger partial charge in [0.25, 0.3) is 0 Å². The van der Waals surface area contributed by atoms with E-state index in [1.165, 1.54) is 49.8 Å². The zero-order chi connectivity index (χ0) is 13.8. The van der Waals surface area contributed by atoms with Crippen molar-refractivity contribution in [2.24, 2.45) is 0 Å². The maximum Gasteiger partial charge on any atom is 0.225 e. The minimum atomic E-state index is 0.458. The largest absolute Gasteiger partial charge is 0.341 e. The lowest BCUT2D eigenvalue weighted by atomic mass is 10.0. The van der Waals surface area contributed by atoms with Crippen LogP contribution in [0.5, 0.6) is 0 Å². The fraction of sp³-hybridized carbons (Fsp3) is 0.750. The van der Waals surface area contributed by atoms with Crippen LogP contribution in [0.4, 0.5) is 5.95 Å². The number of rotatable bonds is 4. The Balaban J connectivity index is 1.82. The van der Waals surface area contributed by atoms with Gasteiger partial charge in [-0.15, -0.1) is 0 Å². The van der Waals surface area contributed by atoms with Crippen molar-refractivity contribution >= 4 is 5.95 Å². The average molecular weight is 274 g/mol. The normalized spacial score (nSPS) is 22.6. The first-order valence-electron chi connectivity index (χ1n) is 8.22. The summed E-state index contributed by atoms with van der Waals surface area (Å²) in [6.07, 6.45) is 10.7. The topological polar surface area (TPSA) is 41.1 Å². The van der Waals surface area contributed by atoms with Crippen molar-refractivity contribution in [1.82, 2.24) is 15.3 Å². The Labute approximate surface area is 122 Å². The number of aryl methyl sites for hydroxylation is 1. The van der Waals surface area contributed by atoms with Gasteiger partial charge in [0.05, 0.1) is 5.69 Å². The lowest BCUT2D eigenvalue weighted by molar-refractivity contribution is 0.488. The number of hydrogen-bond donors (Lipinski definition) is 1. The molecule has 2 aliphatic rings. The van der Waals surface area contributed by atoms with Gasteiger partial charge in [0.2, 0.25) is 5.95 Å². The molecule has 110 valence electrons. The van der Waals surface area contributed by atoms with Crippen molar-refractivity contribution in [3.05, 3.63) is 17.5 Å². The van der Waals surface area contributed by atoms with Crippen molar-refractivity contribution < 1.29 is 0 Å². The molecule has 1 saturated heterocycles. The summed E-state index contributed by atoms with van der Waals surface area (Å²) in [6, 6.07) is 0.458. The first kappa shape index (κ1) is 13.8. The summed E-state index contributed by atoms with van der Waals surface area (Å²) in [5.41, 5.74) is 2.63. The summed E-state index contributed by atoms with van der Waals surface area (Å²) < 4.78 is 0. The number of aromatic nitrogens is 2. The molecule has 3 rings (SSSR count). The summed E-state index contributed by atoms with van der Waals surface area (Å²) >= 11 is 0. The third-order valence-electron chi connectivity index (χ3n) is 4.45. The maximum atomic E-state index is 4.89. The van der Waals surface area contributed by atoms with Crippen LogP contribution in [0.15, 0.2) is 6.20 Å². The minimum Gasteiger partial charge on any atom is -0.341 e. The van der Waals surface area contributed by atoms with Gasteiger partial charge in [-0.3, -0.25) is 0 Å². The van der Waals surface area contributed by atoms with Crippen LogP contribution in [0.25, 0.3) is 0 Å². The SMILES string of the molecule is CCCNC1CCCCc2nc(N3CCCC3)ncc21. The fourth-order valence-corrected chi connectivity index (χ4v) is 3.30. The number of hydrogen-bond acceptors (Lipinski definition) is 4. The van der Waals surface area contributed by atoms with Crippen LogP contribution in [0.1, 0.15) is 62.7 Å². The molecular weight excluding hydrogens is 248 g/mol. The van der Waals surface area contributed by atoms with Crippen molar-refractivity contribution in [3.63, 3.8) is 0 Å². The van der Waals surface area contributed by atoms with E-state index in [4.69, 9.17) is 4.98 Å². The molecule has 1 aromatic heterocycles. The first-order valence-corrected chi connectivity index (χ1v) is 8.22. The van der Waals surface area contributed by atoms with E-state index in [2.05, 4.69) is 28.3 Å². The van der Waals surface area contributed by atoms with E-state index in [9.17, 15) is 0 Å². The first-order chi connectivity index (χ1) is 9.88. The molecule has 1 aromatic rings. The highest BCUT2D eigenvalue weighted by Gasteiger charge is 2.22. The van der Waals surface area contributed by atoms with Gasteiger partial charge in [-0.25, -0.2) is 9.97 Å². The summed E-state index contributed by atoms with van der Waals surface area (Å²) in [4.78, 5) is 11.9. The molecule has 0 aromatic carbocycles. The van der Waals surface area contributed by atoms with Crippen LogP contribution in [0.2, 0.25) is 0 Å². The van der Waals surface area contributed by atoms with E-state index in [0.717, 1.165) is 32.0 Å². The quantitative estimate of drug-likeness (QED) is 0.857. The van der Waals surface area contributed by atoms with Gasteiger partial charge in [0, 0.05) is 30.9 Å². The standard InChI is InChI=1S/C16H26N4/c1-2-9-17-14-7-3-4-8-15-13(14)12-18-16(19-15)20-10-5-6-11-20/h12,14,17H,2-11H2,1H3. The van der Waals surface area contributed by atoms with Gasteiger partial charge >= 0.3 is 0 Å². The molecule has 1 N–H and O–H groups in total. The number of nitrogens with zero attached hydrogens (tertiary/aromatic N) is 3. The molecule has 4 heteroatoms. The van der Waals surface area contributed by atoms with Crippen LogP contribution in [0.3, 0.4) is 0 Å². The molecule has 0 saturated carbocycles. The molecule has 1 aliphatic carbocycles. The second-order valence-corrected chi connectivity index (χ2v) is 6.02. The third kappa shape index (κ3) is 2.95. The number of fused-ring (bicyclic) bond motifs is 1. The molecule has 0 spiro atoms. The third-order valence-corrected chi connectivity index (χ3v) is 4.45. The van der Waals surface area contributed by atoms with E-state index in [1.807, 2.05) is 0 Å². The monoisotopic (exact) mass is 274 g/mol. The molecule has 0 bridgehead atoms. The van der Waals surface area contributed by atoms with Crippen LogP contribution in [0, 0.1) is 0 Å². The summed E-state index contributed by atoms with van der Waals surface area (Å²) in [5.74, 6) is 0.956. The smallest absolute Gasteiger partial charge is 0.225 e. The highest BCUT2D eigenvalue weighted by Crippen LogP contribution is 2.28. The molecular formula is C16H26N4. The Morgan fingerprint density at radius 2 is 2.10 bits per heavy atom. The highest BCUT2D eigenvalue weighted by molar-refractivity contribution is 5.35. The van der Waals surface area contributed by atoms with Crippen molar-refractivity contribution in [2.45, 2.75) is 57.9 Å². The summed E-state index contributed by atoms with van der Waals surface area (Å²) in [6.45, 7) is 5.54. The molecule has 0 radical (unpaired) electrons. The molecule has 4 nitrogen and oxygen atoms in total. The van der Waals surface area contributed by atoms with Gasteiger partial charge in [-0.05, 0) is 45.1 Å². The van der Waals surface area contributed by atoms with Gasteiger partial charge in [-0.2, -0.15) is 0 Å². The zero-order valence-electron chi connectivity index (χ0n) is 12.6. The molecule has 2 heterocycles. The van der Waals surface area contributed by atoms with Gasteiger partial charge in [-0.1, -0.05) is 13.3 Å². The second kappa shape index (κ2) is 6.53. The van der Waals surface area contributed by atoms with Crippen LogP contribution >= 0.6 is 0 Å². The summed E-state index contributed by atoms with van der Waals surface area (Å²) in [7, 11) is 0. The maximum absolute atomic E-state index is 4.89. The Morgan fingerprint density at radius 3 is 2.90 bits per heavy atom. The fourth-order valence-electron chi connectivity index (χ4n) is 3.30. The predicted molar refractivity (Wildman–Crippen MR) is 82.1 cm³/mol. The minimum absolute atomic E-state index is 0.458. The molecule has 1 atom stereocenters. The highest BCUT2D eigenvalue weighted by atomic mass is 15.3. The number of anilines is 1. The zero-order valence-corrected chi connectivity index (χ0v) is 12.6. The Hall–Kier alpha value is -1.16.